The SMILES string of the molecule is C=CCOc1c(I)cc(/C=C2\N=C(c3ccc(C)c([N+](=O)[O-])c3)OC2=O)cc1I. The smallest absolute Gasteiger partial charge is 0.363 e. The number of aliphatic imine (C=N–C) groups is 1. The number of esters is 1. The number of halogens is 2. The summed E-state index contributed by atoms with van der Waals surface area (Å²) >= 11 is 4.32. The van der Waals surface area contributed by atoms with Crippen molar-refractivity contribution >= 4 is 68.8 Å². The Labute approximate surface area is 193 Å². The molecule has 9 heteroatoms. The van der Waals surface area contributed by atoms with Gasteiger partial charge >= 0.3 is 5.97 Å². The van der Waals surface area contributed by atoms with E-state index in [1.165, 1.54) is 6.07 Å². The highest BCUT2D eigenvalue weighted by molar-refractivity contribution is 14.1. The van der Waals surface area contributed by atoms with Gasteiger partial charge in [-0.05, 0) is 81.9 Å². The maximum absolute atomic E-state index is 12.2. The number of hydrogen-bond donors (Lipinski definition) is 0. The molecule has 0 aromatic heterocycles. The van der Waals surface area contributed by atoms with E-state index in [0.717, 1.165) is 18.5 Å². The topological polar surface area (TPSA) is 91.0 Å². The molecule has 1 aliphatic rings. The predicted molar refractivity (Wildman–Crippen MR) is 126 cm³/mol. The van der Waals surface area contributed by atoms with Crippen molar-refractivity contribution < 1.29 is 19.2 Å². The Morgan fingerprint density at radius 1 is 1.28 bits per heavy atom. The molecule has 29 heavy (non-hydrogen) atoms. The summed E-state index contributed by atoms with van der Waals surface area (Å²) in [6.45, 7) is 5.68. The predicted octanol–water partition coefficient (Wildman–Crippen LogP) is 5.02. The van der Waals surface area contributed by atoms with E-state index >= 15 is 0 Å². The second-order valence-corrected chi connectivity index (χ2v) is 8.33. The third kappa shape index (κ3) is 4.83. The van der Waals surface area contributed by atoms with Crippen molar-refractivity contribution in [1.82, 2.24) is 0 Å². The first kappa shape index (κ1) is 21.4. The van der Waals surface area contributed by atoms with Gasteiger partial charge in [0.2, 0.25) is 5.90 Å². The molecule has 1 heterocycles. The van der Waals surface area contributed by atoms with Gasteiger partial charge in [0.1, 0.15) is 12.4 Å². The minimum Gasteiger partial charge on any atom is -0.487 e. The Hall–Kier alpha value is -2.28. The van der Waals surface area contributed by atoms with Crippen molar-refractivity contribution in [2.45, 2.75) is 6.92 Å². The van der Waals surface area contributed by atoms with Crippen LogP contribution in [0.5, 0.6) is 5.75 Å². The molecule has 7 nitrogen and oxygen atoms in total. The zero-order chi connectivity index (χ0) is 21.1. The molecule has 0 unspecified atom stereocenters. The highest BCUT2D eigenvalue weighted by Gasteiger charge is 2.26. The normalized spacial score (nSPS) is 14.5. The van der Waals surface area contributed by atoms with Crippen LogP contribution in [0, 0.1) is 24.2 Å². The van der Waals surface area contributed by atoms with Crippen LogP contribution in [0.1, 0.15) is 16.7 Å². The van der Waals surface area contributed by atoms with Crippen LogP contribution >= 0.6 is 45.2 Å². The average Bonchev–Trinajstić information content (AvgIpc) is 3.01. The highest BCUT2D eigenvalue weighted by atomic mass is 127. The summed E-state index contributed by atoms with van der Waals surface area (Å²) in [5, 5.41) is 11.1. The Bertz CT molecular complexity index is 1070. The monoisotopic (exact) mass is 616 g/mol. The van der Waals surface area contributed by atoms with Crippen molar-refractivity contribution in [2.75, 3.05) is 6.61 Å². The van der Waals surface area contributed by atoms with Crippen LogP contribution in [0.2, 0.25) is 0 Å². The van der Waals surface area contributed by atoms with Gasteiger partial charge < -0.3 is 9.47 Å². The van der Waals surface area contributed by atoms with Gasteiger partial charge in [0, 0.05) is 17.2 Å². The van der Waals surface area contributed by atoms with E-state index in [1.807, 2.05) is 12.1 Å². The lowest BCUT2D eigenvalue weighted by molar-refractivity contribution is -0.385. The number of nitro benzene ring substituents is 1. The van der Waals surface area contributed by atoms with Crippen LogP contribution in [-0.4, -0.2) is 23.4 Å². The fourth-order valence-electron chi connectivity index (χ4n) is 2.57. The number of nitrogens with zero attached hydrogens (tertiary/aromatic N) is 2. The van der Waals surface area contributed by atoms with Gasteiger partial charge in [0.05, 0.1) is 12.1 Å². The fourth-order valence-corrected chi connectivity index (χ4v) is 4.70. The third-order valence-corrected chi connectivity index (χ3v) is 5.55. The first-order chi connectivity index (χ1) is 13.8. The van der Waals surface area contributed by atoms with Crippen LogP contribution in [0.15, 0.2) is 53.7 Å². The van der Waals surface area contributed by atoms with E-state index in [2.05, 4.69) is 56.8 Å². The van der Waals surface area contributed by atoms with Crippen LogP contribution in [0.4, 0.5) is 5.69 Å². The van der Waals surface area contributed by atoms with Crippen LogP contribution in [0.3, 0.4) is 0 Å². The van der Waals surface area contributed by atoms with Crippen LogP contribution in [0.25, 0.3) is 6.08 Å². The summed E-state index contributed by atoms with van der Waals surface area (Å²) in [6, 6.07) is 8.31. The molecule has 0 N–H and O–H groups in total. The van der Waals surface area contributed by atoms with Crippen molar-refractivity contribution in [3.8, 4) is 5.75 Å². The number of cyclic esters (lactones) is 1. The van der Waals surface area contributed by atoms with Crippen molar-refractivity contribution in [3.05, 3.63) is 82.6 Å². The molecular weight excluding hydrogens is 602 g/mol. The first-order valence-electron chi connectivity index (χ1n) is 8.31. The second kappa shape index (κ2) is 9.03. The van der Waals surface area contributed by atoms with Crippen LogP contribution < -0.4 is 4.74 Å². The van der Waals surface area contributed by atoms with E-state index in [9.17, 15) is 14.9 Å². The van der Waals surface area contributed by atoms with E-state index in [-0.39, 0.29) is 17.3 Å². The molecule has 0 bridgehead atoms. The number of carbonyl (C=O) groups excluding carboxylic acids is 1. The molecule has 148 valence electrons. The minimum absolute atomic E-state index is 0.0414. The minimum atomic E-state index is -0.611. The number of benzene rings is 2. The summed E-state index contributed by atoms with van der Waals surface area (Å²) in [5.74, 6) is 0.179. The maximum Gasteiger partial charge on any atom is 0.363 e. The summed E-state index contributed by atoms with van der Waals surface area (Å²) < 4.78 is 12.6. The lowest BCUT2D eigenvalue weighted by Gasteiger charge is -2.09. The van der Waals surface area contributed by atoms with Crippen molar-refractivity contribution in [1.29, 1.82) is 0 Å². The number of carbonyl (C=O) groups is 1. The quantitative estimate of drug-likeness (QED) is 0.114. The second-order valence-electron chi connectivity index (χ2n) is 6.01. The number of aryl methyl sites for hydroxylation is 1. The van der Waals surface area contributed by atoms with Gasteiger partial charge in [-0.1, -0.05) is 18.7 Å². The third-order valence-electron chi connectivity index (χ3n) is 3.94. The molecule has 0 saturated heterocycles. The molecule has 3 rings (SSSR count). The standard InChI is InChI=1S/C20H14I2N2O5/c1-3-6-28-18-14(21)7-12(8-15(18)22)9-16-20(25)29-19(23-16)13-5-4-11(2)17(10-13)24(26)27/h3-5,7-10H,1,6H2,2H3/b16-9-. The molecule has 0 atom stereocenters. The van der Waals surface area contributed by atoms with E-state index in [1.54, 1.807) is 31.2 Å². The average molecular weight is 616 g/mol. The molecular formula is C20H14I2N2O5. The lowest BCUT2D eigenvalue weighted by atomic mass is 10.1. The first-order valence-corrected chi connectivity index (χ1v) is 10.5. The number of hydrogen-bond acceptors (Lipinski definition) is 6. The molecule has 0 saturated carbocycles. The van der Waals surface area contributed by atoms with Gasteiger partial charge in [-0.2, -0.15) is 0 Å². The van der Waals surface area contributed by atoms with E-state index in [4.69, 9.17) is 9.47 Å². The molecule has 0 amide bonds. The molecule has 2 aromatic carbocycles. The number of ether oxygens (including phenoxy) is 2. The summed E-state index contributed by atoms with van der Waals surface area (Å²) in [5.41, 5.74) is 1.71. The molecule has 0 fully saturated rings. The van der Waals surface area contributed by atoms with Gasteiger partial charge in [-0.15, -0.1) is 0 Å². The van der Waals surface area contributed by atoms with Crippen LogP contribution in [-0.2, 0) is 9.53 Å². The lowest BCUT2D eigenvalue weighted by Crippen LogP contribution is -2.06. The van der Waals surface area contributed by atoms with E-state index < -0.39 is 10.9 Å². The molecule has 0 spiro atoms. The van der Waals surface area contributed by atoms with E-state index in [0.29, 0.717) is 17.7 Å². The molecule has 0 aliphatic carbocycles. The Morgan fingerprint density at radius 2 is 1.97 bits per heavy atom. The zero-order valence-corrected chi connectivity index (χ0v) is 19.5. The molecule has 2 aromatic rings. The number of rotatable bonds is 6. The number of nitro groups is 1. The van der Waals surface area contributed by atoms with Crippen molar-refractivity contribution in [3.63, 3.8) is 0 Å². The summed E-state index contributed by atoms with van der Waals surface area (Å²) in [6.07, 6.45) is 3.28. The Kier molecular flexibility index (Phi) is 6.67. The van der Waals surface area contributed by atoms with Crippen molar-refractivity contribution in [2.24, 2.45) is 4.99 Å². The van der Waals surface area contributed by atoms with Gasteiger partial charge in [-0.25, -0.2) is 9.79 Å². The molecule has 1 aliphatic heterocycles. The summed E-state index contributed by atoms with van der Waals surface area (Å²) in [7, 11) is 0. The summed E-state index contributed by atoms with van der Waals surface area (Å²) in [4.78, 5) is 27.1. The van der Waals surface area contributed by atoms with Gasteiger partial charge in [0.25, 0.3) is 5.69 Å². The molecule has 0 radical (unpaired) electrons. The van der Waals surface area contributed by atoms with Gasteiger partial charge in [-0.3, -0.25) is 10.1 Å². The Morgan fingerprint density at radius 3 is 2.59 bits per heavy atom. The maximum atomic E-state index is 12.2. The zero-order valence-electron chi connectivity index (χ0n) is 15.1. The fraction of sp³-hybridized carbons (Fsp3) is 0.100. The Balaban J connectivity index is 1.94. The van der Waals surface area contributed by atoms with Gasteiger partial charge in [0.15, 0.2) is 5.70 Å². The largest absolute Gasteiger partial charge is 0.487 e. The highest BCUT2D eigenvalue weighted by Crippen LogP contribution is 2.31.